The van der Waals surface area contributed by atoms with Crippen molar-refractivity contribution in [1.82, 2.24) is 15.4 Å². The lowest BCUT2D eigenvalue weighted by molar-refractivity contribution is -0.143. The van der Waals surface area contributed by atoms with Crippen molar-refractivity contribution in [2.45, 2.75) is 18.7 Å². The number of aromatic nitrogens is 2. The molecule has 0 spiro atoms. The second-order valence-corrected chi connectivity index (χ2v) is 11.1. The fourth-order valence-corrected chi connectivity index (χ4v) is 4.74. The number of methoxy groups -OCH3 is 2. The van der Waals surface area contributed by atoms with E-state index < -0.39 is 10.0 Å². The molecule has 1 amide bonds. The van der Waals surface area contributed by atoms with Crippen LogP contribution in [-0.4, -0.2) is 56.5 Å². The number of carbonyl (C=O) groups excluding carboxylic acids is 1. The summed E-state index contributed by atoms with van der Waals surface area (Å²) in [5.74, 6) is 1.22. The average molecular weight is 582 g/mol. The standard InChI is InChI=1S/C28H32N6O6S/c1-18(2)17-40-29-16-26(35)30-19-8-7-9-23(14-19)41(36,37)34-28-27(32-24-10-5-6-11-25(24)33-28)31-20-12-21(38-3)15-22(13-20)39-4/h5-15,18,29H,16-17H2,1-4H3,(H,30,35)(H,31,32)(H,33,34)/p+1. The Kier molecular flexibility index (Phi) is 9.55. The molecule has 41 heavy (non-hydrogen) atoms. The number of hydrogen-bond acceptors (Lipinski definition) is 9. The number of fused-ring (bicyclic) bond motifs is 1. The molecule has 0 atom stereocenters. The third-order valence-corrected chi connectivity index (χ3v) is 6.99. The normalized spacial score (nSPS) is 11.3. The highest BCUT2D eigenvalue weighted by Crippen LogP contribution is 2.31. The van der Waals surface area contributed by atoms with Crippen molar-refractivity contribution in [3.8, 4) is 11.5 Å². The van der Waals surface area contributed by atoms with Crippen LogP contribution in [0.5, 0.6) is 11.5 Å². The molecule has 1 aromatic heterocycles. The maximum absolute atomic E-state index is 13.5. The van der Waals surface area contributed by atoms with E-state index in [0.29, 0.717) is 46.4 Å². The van der Waals surface area contributed by atoms with Crippen molar-refractivity contribution in [1.29, 1.82) is 0 Å². The average Bonchev–Trinajstić information content (AvgIpc) is 2.95. The minimum Gasteiger partial charge on any atom is -0.497 e. The lowest BCUT2D eigenvalue weighted by Gasteiger charge is -2.15. The van der Waals surface area contributed by atoms with E-state index in [4.69, 9.17) is 9.47 Å². The lowest BCUT2D eigenvalue weighted by Crippen LogP contribution is -2.32. The van der Waals surface area contributed by atoms with Crippen LogP contribution >= 0.6 is 0 Å². The van der Waals surface area contributed by atoms with Gasteiger partial charge in [-0.25, -0.2) is 18.4 Å². The SMILES string of the molecule is COc1cc(Nc2nc3ccccc3nc2NS(=O)(=O)c2cccc(NC(=O)CN[OH+]CC(C)C)c2)cc(OC)c1. The highest BCUT2D eigenvalue weighted by Gasteiger charge is 2.20. The van der Waals surface area contributed by atoms with E-state index in [1.807, 2.05) is 19.9 Å². The van der Waals surface area contributed by atoms with Gasteiger partial charge < -0.3 is 24.9 Å². The summed E-state index contributed by atoms with van der Waals surface area (Å²) in [4.78, 5) is 25.4. The number of nitrogens with one attached hydrogen (secondary N) is 4. The number of para-hydroxylation sites is 2. The van der Waals surface area contributed by atoms with Crippen molar-refractivity contribution in [3.05, 3.63) is 66.7 Å². The molecule has 1 heterocycles. The molecule has 13 heteroatoms. The summed E-state index contributed by atoms with van der Waals surface area (Å²) in [7, 11) is -1.08. The summed E-state index contributed by atoms with van der Waals surface area (Å²) in [6.07, 6.45) is 0. The van der Waals surface area contributed by atoms with Gasteiger partial charge in [-0.2, -0.15) is 0 Å². The Balaban J connectivity index is 1.59. The number of anilines is 4. The smallest absolute Gasteiger partial charge is 0.263 e. The molecule has 0 unspecified atom stereocenters. The predicted octanol–water partition coefficient (Wildman–Crippen LogP) is 3.82. The minimum atomic E-state index is -4.14. The van der Waals surface area contributed by atoms with Crippen LogP contribution in [0.15, 0.2) is 71.6 Å². The second kappa shape index (κ2) is 13.3. The number of nitrogens with zero attached hydrogens (tertiary/aromatic N) is 2. The Hall–Kier alpha value is -4.46. The quantitative estimate of drug-likeness (QED) is 0.105. The van der Waals surface area contributed by atoms with Crippen LogP contribution in [0.2, 0.25) is 0 Å². The number of aliphatic hydroxyl groups is 1. The number of carbonyl (C=O) groups is 1. The molecular weight excluding hydrogens is 548 g/mol. The van der Waals surface area contributed by atoms with Crippen LogP contribution in [0.1, 0.15) is 13.8 Å². The topological polar surface area (TPSA) is 156 Å². The van der Waals surface area contributed by atoms with E-state index in [0.717, 1.165) is 0 Å². The van der Waals surface area contributed by atoms with E-state index in [1.54, 1.807) is 42.5 Å². The molecule has 0 bridgehead atoms. The van der Waals surface area contributed by atoms with Gasteiger partial charge in [-0.3, -0.25) is 9.52 Å². The molecule has 0 aliphatic carbocycles. The first-order valence-electron chi connectivity index (χ1n) is 12.8. The maximum atomic E-state index is 13.5. The van der Waals surface area contributed by atoms with E-state index >= 15 is 0 Å². The molecule has 3 aromatic carbocycles. The number of hydroxylamine groups is 1. The van der Waals surface area contributed by atoms with Crippen LogP contribution in [0.25, 0.3) is 11.0 Å². The second-order valence-electron chi connectivity index (χ2n) is 9.39. The van der Waals surface area contributed by atoms with Crippen molar-refractivity contribution < 1.29 is 27.5 Å². The third-order valence-electron chi connectivity index (χ3n) is 5.65. The molecule has 0 saturated carbocycles. The number of amides is 1. The van der Waals surface area contributed by atoms with Gasteiger partial charge in [0.2, 0.25) is 5.91 Å². The zero-order valence-corrected chi connectivity index (χ0v) is 24.0. The zero-order valence-electron chi connectivity index (χ0n) is 23.1. The van der Waals surface area contributed by atoms with Gasteiger partial charge in [0.1, 0.15) is 18.0 Å². The molecule has 0 aliphatic heterocycles. The molecular formula is C28H33N6O6S+. The molecule has 0 fully saturated rings. The molecule has 0 aliphatic rings. The summed E-state index contributed by atoms with van der Waals surface area (Å²) in [6, 6.07) is 18.2. The van der Waals surface area contributed by atoms with Crippen molar-refractivity contribution in [2.24, 2.45) is 5.92 Å². The van der Waals surface area contributed by atoms with Crippen molar-refractivity contribution in [2.75, 3.05) is 42.7 Å². The predicted molar refractivity (Wildman–Crippen MR) is 158 cm³/mol. The Morgan fingerprint density at radius 1 is 0.878 bits per heavy atom. The Morgan fingerprint density at radius 3 is 2.17 bits per heavy atom. The Morgan fingerprint density at radius 2 is 1.54 bits per heavy atom. The van der Waals surface area contributed by atoms with Gasteiger partial charge in [0, 0.05) is 35.5 Å². The molecule has 0 radical (unpaired) electrons. The van der Waals surface area contributed by atoms with Gasteiger partial charge >= 0.3 is 0 Å². The van der Waals surface area contributed by atoms with Gasteiger partial charge in [0.25, 0.3) is 10.0 Å². The zero-order chi connectivity index (χ0) is 29.4. The first-order valence-corrected chi connectivity index (χ1v) is 14.2. The van der Waals surface area contributed by atoms with E-state index in [1.165, 1.54) is 32.4 Å². The maximum Gasteiger partial charge on any atom is 0.263 e. The summed E-state index contributed by atoms with van der Waals surface area (Å²) >= 11 is 0. The molecule has 5 N–H and O–H groups in total. The summed E-state index contributed by atoms with van der Waals surface area (Å²) < 4.78 is 40.2. The van der Waals surface area contributed by atoms with E-state index in [2.05, 4.69) is 35.6 Å². The van der Waals surface area contributed by atoms with Gasteiger partial charge in [0.05, 0.1) is 30.1 Å². The van der Waals surface area contributed by atoms with Gasteiger partial charge in [0.15, 0.2) is 18.2 Å². The molecule has 4 rings (SSSR count). The molecule has 12 nitrogen and oxygen atoms in total. The Bertz CT molecular complexity index is 1610. The van der Waals surface area contributed by atoms with Crippen LogP contribution < -0.4 is 30.3 Å². The monoisotopic (exact) mass is 581 g/mol. The minimum absolute atomic E-state index is 0.0177. The van der Waals surface area contributed by atoms with Crippen LogP contribution in [0.3, 0.4) is 0 Å². The number of rotatable bonds is 13. The molecule has 4 aromatic rings. The fraction of sp³-hybridized carbons (Fsp3) is 0.250. The number of benzene rings is 3. The molecule has 216 valence electrons. The van der Waals surface area contributed by atoms with Crippen molar-refractivity contribution >= 4 is 50.0 Å². The van der Waals surface area contributed by atoms with Crippen LogP contribution in [-0.2, 0) is 14.8 Å². The number of ether oxygens (including phenoxy) is 2. The first kappa shape index (κ1) is 29.5. The summed E-state index contributed by atoms with van der Waals surface area (Å²) in [5, 5.41) is 5.80. The van der Waals surface area contributed by atoms with Gasteiger partial charge in [-0.1, -0.05) is 37.5 Å². The van der Waals surface area contributed by atoms with Crippen LogP contribution in [0, 0.1) is 5.92 Å². The third kappa shape index (κ3) is 8.03. The van der Waals surface area contributed by atoms with Crippen molar-refractivity contribution in [3.63, 3.8) is 0 Å². The molecule has 0 saturated heterocycles. The Labute approximate surface area is 238 Å². The summed E-state index contributed by atoms with van der Waals surface area (Å²) in [5.41, 5.74) is 4.63. The number of hydrogen-bond donors (Lipinski definition) is 4. The highest BCUT2D eigenvalue weighted by molar-refractivity contribution is 7.92. The largest absolute Gasteiger partial charge is 0.497 e. The van der Waals surface area contributed by atoms with Gasteiger partial charge in [-0.05, 0) is 30.3 Å². The van der Waals surface area contributed by atoms with Gasteiger partial charge in [-0.15, -0.1) is 0 Å². The van der Waals surface area contributed by atoms with Crippen LogP contribution in [0.4, 0.5) is 23.0 Å². The summed E-state index contributed by atoms with van der Waals surface area (Å²) in [6.45, 7) is 4.57. The van der Waals surface area contributed by atoms with E-state index in [9.17, 15) is 13.2 Å². The lowest BCUT2D eigenvalue weighted by atomic mass is 10.2. The van der Waals surface area contributed by atoms with E-state index in [-0.39, 0.29) is 29.0 Å². The fourth-order valence-electron chi connectivity index (χ4n) is 3.68. The number of sulfonamides is 1. The first-order chi connectivity index (χ1) is 19.7. The highest BCUT2D eigenvalue weighted by atomic mass is 32.2.